The highest BCUT2D eigenvalue weighted by molar-refractivity contribution is 7.17. The number of benzene rings is 1. The van der Waals surface area contributed by atoms with E-state index in [1.165, 1.54) is 4.90 Å². The number of nitriles is 1. The molecule has 0 aliphatic carbocycles. The van der Waals surface area contributed by atoms with Gasteiger partial charge in [0, 0.05) is 41.9 Å². The number of aromatic nitrogens is 2. The molecular formula is C30H41ClFN6O2P. The van der Waals surface area contributed by atoms with E-state index < -0.39 is 17.8 Å². The number of hydrogen-bond acceptors (Lipinski definition) is 7. The maximum Gasteiger partial charge on any atom is 0.318 e. The van der Waals surface area contributed by atoms with Crippen LogP contribution in [0.5, 0.6) is 6.01 Å². The summed E-state index contributed by atoms with van der Waals surface area (Å²) >= 11 is 6.43. The van der Waals surface area contributed by atoms with Crippen molar-refractivity contribution in [2.45, 2.75) is 63.7 Å². The van der Waals surface area contributed by atoms with Crippen molar-refractivity contribution in [3.8, 4) is 12.1 Å². The molecule has 4 unspecified atom stereocenters. The van der Waals surface area contributed by atoms with Crippen LogP contribution < -0.4 is 9.64 Å². The summed E-state index contributed by atoms with van der Waals surface area (Å²) < 4.78 is 19.9. The van der Waals surface area contributed by atoms with Crippen molar-refractivity contribution in [1.29, 1.82) is 5.26 Å². The fourth-order valence-corrected chi connectivity index (χ4v) is 5.51. The molecule has 3 rings (SSSR count). The topological polar surface area (TPSA) is 85.6 Å². The van der Waals surface area contributed by atoms with Crippen LogP contribution in [-0.2, 0) is 17.6 Å². The number of rotatable bonds is 13. The fourth-order valence-electron chi connectivity index (χ4n) is 4.83. The number of halogens is 2. The lowest BCUT2D eigenvalue weighted by molar-refractivity contribution is -0.131. The third kappa shape index (κ3) is 8.61. The quantitative estimate of drug-likeness (QED) is 0.225. The van der Waals surface area contributed by atoms with Crippen LogP contribution in [0.15, 0.2) is 36.7 Å². The molecule has 0 bridgehead atoms. The summed E-state index contributed by atoms with van der Waals surface area (Å²) in [4.78, 5) is 27.8. The van der Waals surface area contributed by atoms with Crippen molar-refractivity contribution in [3.05, 3.63) is 58.5 Å². The van der Waals surface area contributed by atoms with Gasteiger partial charge in [-0.05, 0) is 51.9 Å². The van der Waals surface area contributed by atoms with Crippen LogP contribution in [0.2, 0.25) is 5.02 Å². The van der Waals surface area contributed by atoms with E-state index in [0.717, 1.165) is 53.3 Å². The molecule has 1 aliphatic heterocycles. The molecule has 41 heavy (non-hydrogen) atoms. The summed E-state index contributed by atoms with van der Waals surface area (Å²) in [5.74, 6) is -1.05. The normalized spacial score (nSPS) is 16.8. The lowest BCUT2D eigenvalue weighted by Crippen LogP contribution is -2.55. The maximum absolute atomic E-state index is 13.8. The Kier molecular flexibility index (Phi) is 12.3. The molecule has 1 aliphatic rings. The van der Waals surface area contributed by atoms with E-state index in [0.29, 0.717) is 25.7 Å². The zero-order valence-corrected chi connectivity index (χ0v) is 26.4. The molecule has 1 amide bonds. The SMILES string of the molecule is C=C(F)C(=O)N1CCN(c2nc(OCC(C)N(C)C)nc(C(P)CCc3ccccc3Cl)c2CCC)CC1CC#N. The van der Waals surface area contributed by atoms with Gasteiger partial charge >= 0.3 is 6.01 Å². The van der Waals surface area contributed by atoms with Crippen LogP contribution in [0.25, 0.3) is 0 Å². The Labute approximate surface area is 250 Å². The molecule has 0 saturated carbocycles. The van der Waals surface area contributed by atoms with Gasteiger partial charge in [-0.25, -0.2) is 4.39 Å². The van der Waals surface area contributed by atoms with Crippen LogP contribution in [0, 0.1) is 11.3 Å². The average Bonchev–Trinajstić information content (AvgIpc) is 2.95. The summed E-state index contributed by atoms with van der Waals surface area (Å²) in [6.45, 7) is 8.79. The lowest BCUT2D eigenvalue weighted by Gasteiger charge is -2.41. The number of aryl methyl sites for hydroxylation is 1. The van der Waals surface area contributed by atoms with Crippen molar-refractivity contribution in [3.63, 3.8) is 0 Å². The van der Waals surface area contributed by atoms with Gasteiger partial charge in [0.1, 0.15) is 12.4 Å². The Bertz CT molecular complexity index is 1260. The Hall–Kier alpha value is -2.79. The number of anilines is 1. The third-order valence-electron chi connectivity index (χ3n) is 7.47. The largest absolute Gasteiger partial charge is 0.462 e. The number of carbonyl (C=O) groups excluding carboxylic acids is 1. The molecule has 8 nitrogen and oxygen atoms in total. The van der Waals surface area contributed by atoms with Gasteiger partial charge < -0.3 is 19.4 Å². The minimum absolute atomic E-state index is 0.0100. The summed E-state index contributed by atoms with van der Waals surface area (Å²) in [5.41, 5.74) is 3.01. The monoisotopic (exact) mass is 602 g/mol. The fraction of sp³-hybridized carbons (Fsp3) is 0.533. The second kappa shape index (κ2) is 15.4. The summed E-state index contributed by atoms with van der Waals surface area (Å²) in [6.07, 6.45) is 3.28. The van der Waals surface area contributed by atoms with Gasteiger partial charge in [-0.3, -0.25) is 4.79 Å². The van der Waals surface area contributed by atoms with Crippen molar-refractivity contribution >= 4 is 32.6 Å². The highest BCUT2D eigenvalue weighted by Crippen LogP contribution is 2.37. The second-order valence-electron chi connectivity index (χ2n) is 10.7. The molecule has 1 fully saturated rings. The molecule has 2 aromatic rings. The van der Waals surface area contributed by atoms with E-state index in [-0.39, 0.29) is 24.7 Å². The zero-order chi connectivity index (χ0) is 30.1. The molecule has 4 atom stereocenters. The number of hydrogen-bond donors (Lipinski definition) is 0. The van der Waals surface area contributed by atoms with Crippen molar-refractivity contribution in [2.24, 2.45) is 0 Å². The highest BCUT2D eigenvalue weighted by atomic mass is 35.5. The van der Waals surface area contributed by atoms with Crippen LogP contribution >= 0.6 is 20.8 Å². The molecule has 2 heterocycles. The van der Waals surface area contributed by atoms with Crippen LogP contribution in [0.1, 0.15) is 55.6 Å². The summed E-state index contributed by atoms with van der Waals surface area (Å²) in [7, 11) is 6.92. The second-order valence-corrected chi connectivity index (χ2v) is 11.9. The number of carbonyl (C=O) groups is 1. The van der Waals surface area contributed by atoms with Gasteiger partial charge in [0.05, 0.1) is 24.2 Å². The predicted molar refractivity (Wildman–Crippen MR) is 165 cm³/mol. The predicted octanol–water partition coefficient (Wildman–Crippen LogP) is 5.37. The van der Waals surface area contributed by atoms with E-state index in [1.54, 1.807) is 0 Å². The molecule has 1 aromatic carbocycles. The Morgan fingerprint density at radius 1 is 1.32 bits per heavy atom. The van der Waals surface area contributed by atoms with E-state index in [1.807, 2.05) is 38.4 Å². The first-order valence-corrected chi connectivity index (χ1v) is 15.1. The molecule has 0 N–H and O–H groups in total. The maximum atomic E-state index is 13.8. The lowest BCUT2D eigenvalue weighted by atomic mass is 10.0. The van der Waals surface area contributed by atoms with Crippen LogP contribution in [0.4, 0.5) is 10.2 Å². The standard InChI is InChI=1S/C30H41ClFN6O2P/c1-6-9-24-27(26(41)13-12-22-10-7-8-11-25(22)31)34-30(40-19-20(2)36(4)5)35-28(24)37-16-17-38(29(39)21(3)32)23(18-37)14-15-33/h7-8,10-11,20,23,26H,3,6,9,12-14,16-19,41H2,1-2,4-5H3. The van der Waals surface area contributed by atoms with E-state index in [9.17, 15) is 14.4 Å². The van der Waals surface area contributed by atoms with Gasteiger partial charge in [-0.15, -0.1) is 9.24 Å². The molecular weight excluding hydrogens is 562 g/mol. The zero-order valence-electron chi connectivity index (χ0n) is 24.4. The Balaban J connectivity index is 2.00. The first kappa shape index (κ1) is 32.7. The molecule has 0 radical (unpaired) electrons. The smallest absolute Gasteiger partial charge is 0.318 e. The Morgan fingerprint density at radius 3 is 2.68 bits per heavy atom. The third-order valence-corrected chi connectivity index (χ3v) is 8.49. The van der Waals surface area contributed by atoms with Crippen LogP contribution in [0.3, 0.4) is 0 Å². The number of piperazine rings is 1. The van der Waals surface area contributed by atoms with Crippen molar-refractivity contribution in [1.82, 2.24) is 19.8 Å². The van der Waals surface area contributed by atoms with E-state index in [4.69, 9.17) is 26.3 Å². The molecule has 0 spiro atoms. The average molecular weight is 603 g/mol. The van der Waals surface area contributed by atoms with Crippen molar-refractivity contribution in [2.75, 3.05) is 45.2 Å². The first-order valence-electron chi connectivity index (χ1n) is 14.0. The number of amides is 1. The number of likely N-dealkylation sites (N-methyl/N-ethyl adjacent to an activating group) is 1. The van der Waals surface area contributed by atoms with E-state index in [2.05, 4.69) is 45.5 Å². The van der Waals surface area contributed by atoms with E-state index >= 15 is 0 Å². The van der Waals surface area contributed by atoms with Gasteiger partial charge in [-0.2, -0.15) is 15.2 Å². The molecule has 1 aromatic heterocycles. The van der Waals surface area contributed by atoms with Gasteiger partial charge in [0.15, 0.2) is 5.83 Å². The number of ether oxygens (including phenoxy) is 1. The first-order chi connectivity index (χ1) is 19.6. The van der Waals surface area contributed by atoms with Gasteiger partial charge in [-0.1, -0.05) is 49.7 Å². The molecule has 1 saturated heterocycles. The van der Waals surface area contributed by atoms with Gasteiger partial charge in [0.25, 0.3) is 5.91 Å². The summed E-state index contributed by atoms with van der Waals surface area (Å²) in [6, 6.07) is 9.95. The minimum atomic E-state index is -1.02. The number of nitrogens with zero attached hydrogens (tertiary/aromatic N) is 6. The minimum Gasteiger partial charge on any atom is -0.462 e. The Morgan fingerprint density at radius 2 is 2.05 bits per heavy atom. The van der Waals surface area contributed by atoms with Gasteiger partial charge in [0.2, 0.25) is 0 Å². The molecule has 11 heteroatoms. The molecule has 222 valence electrons. The van der Waals surface area contributed by atoms with Crippen molar-refractivity contribution < 1.29 is 13.9 Å². The highest BCUT2D eigenvalue weighted by Gasteiger charge is 2.34. The van der Waals surface area contributed by atoms with Crippen LogP contribution in [-0.4, -0.2) is 78.1 Å². The summed E-state index contributed by atoms with van der Waals surface area (Å²) in [5, 5.41) is 10.2.